The number of benzene rings is 1. The molecule has 2 aromatic heterocycles. The summed E-state index contributed by atoms with van der Waals surface area (Å²) < 4.78 is 27.0. The van der Waals surface area contributed by atoms with Gasteiger partial charge in [-0.2, -0.15) is 5.10 Å². The van der Waals surface area contributed by atoms with Crippen molar-refractivity contribution in [2.45, 2.75) is 13.1 Å². The Hall–Kier alpha value is -3.40. The van der Waals surface area contributed by atoms with Crippen LogP contribution in [0.4, 0.5) is 10.5 Å². The first-order chi connectivity index (χ1) is 13.4. The molecule has 0 bridgehead atoms. The van der Waals surface area contributed by atoms with Crippen molar-refractivity contribution < 1.29 is 13.2 Å². The van der Waals surface area contributed by atoms with Crippen molar-refractivity contribution in [3.63, 3.8) is 0 Å². The van der Waals surface area contributed by atoms with Gasteiger partial charge in [0.25, 0.3) is 0 Å². The Morgan fingerprint density at radius 2 is 1.86 bits per heavy atom. The van der Waals surface area contributed by atoms with Crippen molar-refractivity contribution in [1.82, 2.24) is 25.4 Å². The summed E-state index contributed by atoms with van der Waals surface area (Å²) in [7, 11) is -3.40. The zero-order valence-electron chi connectivity index (χ0n) is 15.2. The Kier molecular flexibility index (Phi) is 5.90. The Morgan fingerprint density at radius 3 is 2.61 bits per heavy atom. The first kappa shape index (κ1) is 19.4. The summed E-state index contributed by atoms with van der Waals surface area (Å²) in [6.07, 6.45) is 6.18. The highest BCUT2D eigenvalue weighted by Crippen LogP contribution is 2.15. The van der Waals surface area contributed by atoms with Crippen LogP contribution >= 0.6 is 0 Å². The van der Waals surface area contributed by atoms with Crippen LogP contribution < -0.4 is 15.4 Å². The fourth-order valence-corrected chi connectivity index (χ4v) is 3.09. The number of pyridine rings is 1. The van der Waals surface area contributed by atoms with Crippen LogP contribution in [0.2, 0.25) is 0 Å². The van der Waals surface area contributed by atoms with Crippen LogP contribution in [0.25, 0.3) is 5.82 Å². The van der Waals surface area contributed by atoms with Gasteiger partial charge in [-0.15, -0.1) is 0 Å². The number of urea groups is 1. The van der Waals surface area contributed by atoms with Gasteiger partial charge in [0, 0.05) is 31.7 Å². The second-order valence-corrected chi connectivity index (χ2v) is 7.79. The maximum Gasteiger partial charge on any atom is 0.315 e. The molecule has 0 saturated heterocycles. The third-order valence-electron chi connectivity index (χ3n) is 3.75. The SMILES string of the molecule is CS(=O)(=O)Nc1ccccc1CNC(=O)NCc1ccnc(-n2cccn2)c1. The first-order valence-corrected chi connectivity index (χ1v) is 10.3. The maximum absolute atomic E-state index is 12.1. The van der Waals surface area contributed by atoms with Crippen molar-refractivity contribution in [2.24, 2.45) is 0 Å². The Morgan fingerprint density at radius 1 is 1.07 bits per heavy atom. The van der Waals surface area contributed by atoms with Gasteiger partial charge in [-0.25, -0.2) is 22.9 Å². The van der Waals surface area contributed by atoms with Crippen LogP contribution in [0.3, 0.4) is 0 Å². The minimum Gasteiger partial charge on any atom is -0.334 e. The van der Waals surface area contributed by atoms with Crippen LogP contribution in [-0.2, 0) is 23.1 Å². The molecule has 3 N–H and O–H groups in total. The largest absolute Gasteiger partial charge is 0.334 e. The van der Waals surface area contributed by atoms with Crippen molar-refractivity contribution in [2.75, 3.05) is 11.0 Å². The lowest BCUT2D eigenvalue weighted by molar-refractivity contribution is 0.240. The summed E-state index contributed by atoms with van der Waals surface area (Å²) in [5.74, 6) is 0.658. The number of rotatable bonds is 7. The van der Waals surface area contributed by atoms with Gasteiger partial charge in [-0.3, -0.25) is 4.72 Å². The molecular weight excluding hydrogens is 380 g/mol. The van der Waals surface area contributed by atoms with E-state index < -0.39 is 10.0 Å². The van der Waals surface area contributed by atoms with Crippen LogP contribution in [0, 0.1) is 0 Å². The predicted molar refractivity (Wildman–Crippen MR) is 105 cm³/mol. The highest BCUT2D eigenvalue weighted by molar-refractivity contribution is 7.92. The minimum atomic E-state index is -3.40. The van der Waals surface area contributed by atoms with Crippen molar-refractivity contribution >= 4 is 21.7 Å². The number of amides is 2. The number of hydrogen-bond acceptors (Lipinski definition) is 5. The van der Waals surface area contributed by atoms with E-state index in [2.05, 4.69) is 25.4 Å². The molecule has 0 aliphatic rings. The van der Waals surface area contributed by atoms with E-state index in [1.165, 1.54) is 0 Å². The van der Waals surface area contributed by atoms with E-state index in [9.17, 15) is 13.2 Å². The number of nitrogens with zero attached hydrogens (tertiary/aromatic N) is 3. The number of aromatic nitrogens is 3. The van der Waals surface area contributed by atoms with Crippen LogP contribution in [0.5, 0.6) is 0 Å². The molecule has 2 amide bonds. The van der Waals surface area contributed by atoms with E-state index in [1.807, 2.05) is 6.07 Å². The zero-order valence-corrected chi connectivity index (χ0v) is 16.0. The molecule has 0 fully saturated rings. The Labute approximate surface area is 162 Å². The van der Waals surface area contributed by atoms with Gasteiger partial charge in [0.1, 0.15) is 0 Å². The molecule has 0 radical (unpaired) electrons. The highest BCUT2D eigenvalue weighted by atomic mass is 32.2. The van der Waals surface area contributed by atoms with Gasteiger partial charge in [0.15, 0.2) is 5.82 Å². The molecule has 0 aliphatic heterocycles. The molecule has 0 saturated carbocycles. The number of para-hydroxylation sites is 1. The van der Waals surface area contributed by atoms with Crippen molar-refractivity contribution in [1.29, 1.82) is 0 Å². The number of carbonyl (C=O) groups excluding carboxylic acids is 1. The van der Waals surface area contributed by atoms with Crippen molar-refractivity contribution in [3.05, 3.63) is 72.2 Å². The molecule has 0 aliphatic carbocycles. The summed E-state index contributed by atoms with van der Waals surface area (Å²) in [5.41, 5.74) is 1.96. The van der Waals surface area contributed by atoms with Crippen LogP contribution in [0.1, 0.15) is 11.1 Å². The molecule has 10 heteroatoms. The third-order valence-corrected chi connectivity index (χ3v) is 4.34. The molecule has 2 heterocycles. The smallest absolute Gasteiger partial charge is 0.315 e. The number of anilines is 1. The predicted octanol–water partition coefficient (Wildman–Crippen LogP) is 1.64. The van der Waals surface area contributed by atoms with Gasteiger partial charge in [0.2, 0.25) is 10.0 Å². The van der Waals surface area contributed by atoms with Crippen LogP contribution in [-0.4, -0.2) is 35.5 Å². The summed E-state index contributed by atoms with van der Waals surface area (Å²) in [5, 5.41) is 9.61. The summed E-state index contributed by atoms with van der Waals surface area (Å²) in [6.45, 7) is 0.491. The molecule has 1 aromatic carbocycles. The van der Waals surface area contributed by atoms with Gasteiger partial charge < -0.3 is 10.6 Å². The lowest BCUT2D eigenvalue weighted by Crippen LogP contribution is -2.34. The Balaban J connectivity index is 1.55. The lowest BCUT2D eigenvalue weighted by atomic mass is 10.2. The first-order valence-electron chi connectivity index (χ1n) is 8.43. The average Bonchev–Trinajstić information content (AvgIpc) is 3.19. The second-order valence-electron chi connectivity index (χ2n) is 6.04. The van der Waals surface area contributed by atoms with E-state index in [-0.39, 0.29) is 12.6 Å². The van der Waals surface area contributed by atoms with Gasteiger partial charge in [-0.1, -0.05) is 18.2 Å². The molecule has 9 nitrogen and oxygen atoms in total. The molecular formula is C18H20N6O3S. The molecule has 0 atom stereocenters. The van der Waals surface area contributed by atoms with Gasteiger partial charge >= 0.3 is 6.03 Å². The van der Waals surface area contributed by atoms with Crippen molar-refractivity contribution in [3.8, 4) is 5.82 Å². The fraction of sp³-hybridized carbons (Fsp3) is 0.167. The van der Waals surface area contributed by atoms with E-state index in [0.717, 1.165) is 11.8 Å². The summed E-state index contributed by atoms with van der Waals surface area (Å²) >= 11 is 0. The number of hydrogen-bond donors (Lipinski definition) is 3. The number of nitrogens with one attached hydrogen (secondary N) is 3. The summed E-state index contributed by atoms with van der Waals surface area (Å²) in [6, 6.07) is 11.9. The van der Waals surface area contributed by atoms with E-state index in [0.29, 0.717) is 23.6 Å². The van der Waals surface area contributed by atoms with E-state index >= 15 is 0 Å². The maximum atomic E-state index is 12.1. The molecule has 0 spiro atoms. The lowest BCUT2D eigenvalue weighted by Gasteiger charge is -2.12. The normalized spacial score (nSPS) is 11.0. The fourth-order valence-electron chi connectivity index (χ4n) is 2.49. The van der Waals surface area contributed by atoms with Gasteiger partial charge in [-0.05, 0) is 35.4 Å². The average molecular weight is 400 g/mol. The van der Waals surface area contributed by atoms with Crippen LogP contribution in [0.15, 0.2) is 61.1 Å². The monoisotopic (exact) mass is 400 g/mol. The quantitative estimate of drug-likeness (QED) is 0.557. The van der Waals surface area contributed by atoms with Gasteiger partial charge in [0.05, 0.1) is 11.9 Å². The molecule has 28 heavy (non-hydrogen) atoms. The Bertz CT molecular complexity index is 1050. The molecule has 0 unspecified atom stereocenters. The topological polar surface area (TPSA) is 118 Å². The molecule has 3 aromatic rings. The number of carbonyl (C=O) groups is 1. The number of sulfonamides is 1. The summed E-state index contributed by atoms with van der Waals surface area (Å²) in [4.78, 5) is 16.3. The highest BCUT2D eigenvalue weighted by Gasteiger charge is 2.08. The minimum absolute atomic E-state index is 0.180. The third kappa shape index (κ3) is 5.55. The molecule has 3 rings (SSSR count). The second kappa shape index (κ2) is 8.53. The van der Waals surface area contributed by atoms with E-state index in [4.69, 9.17) is 0 Å². The standard InChI is InChI=1S/C18H20N6O3S/c1-28(26,27)23-16-6-3-2-5-15(16)13-21-18(25)20-12-14-7-9-19-17(11-14)24-10-4-8-22-24/h2-11,23H,12-13H2,1H3,(H2,20,21,25). The van der Waals surface area contributed by atoms with E-state index in [1.54, 1.807) is 59.7 Å². The zero-order chi connectivity index (χ0) is 20.0. The molecule has 146 valence electrons.